The summed E-state index contributed by atoms with van der Waals surface area (Å²) in [5.41, 5.74) is 3.15. The lowest BCUT2D eigenvalue weighted by atomic mass is 9.94. The molecule has 0 fully saturated rings. The molecule has 0 saturated carbocycles. The number of amides is 1. The van der Waals surface area contributed by atoms with Crippen molar-refractivity contribution in [1.82, 2.24) is 5.32 Å². The third-order valence-electron chi connectivity index (χ3n) is 4.17. The van der Waals surface area contributed by atoms with Crippen LogP contribution < -0.4 is 10.6 Å². The van der Waals surface area contributed by atoms with Crippen molar-refractivity contribution in [2.45, 2.75) is 33.2 Å². The highest BCUT2D eigenvalue weighted by Gasteiger charge is 2.24. The Morgan fingerprint density at radius 2 is 1.92 bits per heavy atom. The Hall–Kier alpha value is -1.91. The van der Waals surface area contributed by atoms with E-state index in [1.807, 2.05) is 45.9 Å². The first-order chi connectivity index (χ1) is 11.2. The number of rotatable bonds is 5. The van der Waals surface area contributed by atoms with Crippen LogP contribution in [-0.2, 0) is 10.3 Å². The maximum Gasteiger partial charge on any atom is 0.238 e. The van der Waals surface area contributed by atoms with Gasteiger partial charge in [-0.1, -0.05) is 29.8 Å². The number of benzene rings is 2. The highest BCUT2D eigenvalue weighted by molar-refractivity contribution is 6.31. The van der Waals surface area contributed by atoms with E-state index in [1.54, 1.807) is 6.07 Å². The lowest BCUT2D eigenvalue weighted by molar-refractivity contribution is -0.115. The second-order valence-electron chi connectivity index (χ2n) is 6.40. The van der Waals surface area contributed by atoms with Crippen molar-refractivity contribution in [2.75, 3.05) is 11.9 Å². The average Bonchev–Trinajstić information content (AvgIpc) is 2.49. The van der Waals surface area contributed by atoms with Crippen LogP contribution in [0.4, 0.5) is 10.1 Å². The van der Waals surface area contributed by atoms with Crippen molar-refractivity contribution in [3.05, 3.63) is 63.9 Å². The molecule has 0 aliphatic heterocycles. The number of carbonyl (C=O) groups is 1. The molecule has 24 heavy (non-hydrogen) atoms. The zero-order valence-corrected chi connectivity index (χ0v) is 15.1. The lowest BCUT2D eigenvalue weighted by Crippen LogP contribution is -2.41. The minimum Gasteiger partial charge on any atom is -0.325 e. The molecule has 0 saturated heterocycles. The molecule has 0 aliphatic carbocycles. The zero-order chi connectivity index (χ0) is 17.9. The number of hydrogen-bond acceptors (Lipinski definition) is 2. The summed E-state index contributed by atoms with van der Waals surface area (Å²) in [6, 6.07) is 10.1. The van der Waals surface area contributed by atoms with E-state index in [-0.39, 0.29) is 18.3 Å². The number of aryl methyl sites for hydroxylation is 1. The van der Waals surface area contributed by atoms with Gasteiger partial charge in [0.2, 0.25) is 5.91 Å². The van der Waals surface area contributed by atoms with Gasteiger partial charge in [0, 0.05) is 16.2 Å². The fourth-order valence-corrected chi connectivity index (χ4v) is 2.88. The van der Waals surface area contributed by atoms with E-state index in [1.165, 1.54) is 12.1 Å². The molecule has 0 spiro atoms. The van der Waals surface area contributed by atoms with Gasteiger partial charge in [0.25, 0.3) is 0 Å². The fourth-order valence-electron chi connectivity index (χ4n) is 2.47. The Bertz CT molecular complexity index is 759. The summed E-state index contributed by atoms with van der Waals surface area (Å²) in [4.78, 5) is 12.2. The second-order valence-corrected chi connectivity index (χ2v) is 6.81. The SMILES string of the molecule is Cc1cccc(NC(=O)CNC(C)(C)c2ccc(F)cc2Cl)c1C. The first-order valence-corrected chi connectivity index (χ1v) is 8.15. The topological polar surface area (TPSA) is 41.1 Å². The molecule has 1 amide bonds. The molecule has 0 aromatic heterocycles. The Kier molecular flexibility index (Phi) is 5.62. The van der Waals surface area contributed by atoms with E-state index in [0.29, 0.717) is 5.02 Å². The molecule has 0 bridgehead atoms. The number of halogens is 2. The molecular weight excluding hydrogens is 327 g/mol. The van der Waals surface area contributed by atoms with Crippen LogP contribution in [0.1, 0.15) is 30.5 Å². The molecule has 0 unspecified atom stereocenters. The highest BCUT2D eigenvalue weighted by atomic mass is 35.5. The molecule has 128 valence electrons. The van der Waals surface area contributed by atoms with Gasteiger partial charge in [-0.25, -0.2) is 4.39 Å². The second kappa shape index (κ2) is 7.32. The van der Waals surface area contributed by atoms with Gasteiger partial charge in [0.15, 0.2) is 0 Å². The Morgan fingerprint density at radius 3 is 2.58 bits per heavy atom. The summed E-state index contributed by atoms with van der Waals surface area (Å²) in [6.45, 7) is 7.90. The van der Waals surface area contributed by atoms with Gasteiger partial charge in [0.1, 0.15) is 5.82 Å². The van der Waals surface area contributed by atoms with Gasteiger partial charge in [-0.2, -0.15) is 0 Å². The van der Waals surface area contributed by atoms with Crippen LogP contribution >= 0.6 is 11.6 Å². The third-order valence-corrected chi connectivity index (χ3v) is 4.49. The molecule has 2 rings (SSSR count). The molecule has 0 aliphatic rings. The average molecular weight is 349 g/mol. The molecule has 0 heterocycles. The number of anilines is 1. The number of nitrogens with one attached hydrogen (secondary N) is 2. The van der Waals surface area contributed by atoms with Gasteiger partial charge in [-0.05, 0) is 62.6 Å². The van der Waals surface area contributed by atoms with Crippen molar-refractivity contribution in [1.29, 1.82) is 0 Å². The Morgan fingerprint density at radius 1 is 1.21 bits per heavy atom. The monoisotopic (exact) mass is 348 g/mol. The molecule has 2 aromatic carbocycles. The lowest BCUT2D eigenvalue weighted by Gasteiger charge is -2.28. The molecular formula is C19H22ClFN2O. The standard InChI is InChI=1S/C19H22ClFN2O/c1-12-6-5-7-17(13(12)2)23-18(24)11-22-19(3,4)15-9-8-14(21)10-16(15)20/h5-10,22H,11H2,1-4H3,(H,23,24). The van der Waals surface area contributed by atoms with Gasteiger partial charge in [0.05, 0.1) is 6.54 Å². The fraction of sp³-hybridized carbons (Fsp3) is 0.316. The summed E-state index contributed by atoms with van der Waals surface area (Å²) in [5, 5.41) is 6.41. The van der Waals surface area contributed by atoms with E-state index in [4.69, 9.17) is 11.6 Å². The van der Waals surface area contributed by atoms with Gasteiger partial charge >= 0.3 is 0 Å². The van der Waals surface area contributed by atoms with Crippen molar-refractivity contribution in [3.8, 4) is 0 Å². The third kappa shape index (κ3) is 4.34. The molecule has 5 heteroatoms. The van der Waals surface area contributed by atoms with Gasteiger partial charge < -0.3 is 5.32 Å². The highest BCUT2D eigenvalue weighted by Crippen LogP contribution is 2.28. The van der Waals surface area contributed by atoms with Crippen LogP contribution in [0.3, 0.4) is 0 Å². The smallest absolute Gasteiger partial charge is 0.238 e. The predicted molar refractivity (Wildman–Crippen MR) is 97.0 cm³/mol. The largest absolute Gasteiger partial charge is 0.325 e. The molecule has 2 aromatic rings. The molecule has 3 nitrogen and oxygen atoms in total. The van der Waals surface area contributed by atoms with Crippen molar-refractivity contribution >= 4 is 23.2 Å². The van der Waals surface area contributed by atoms with E-state index in [9.17, 15) is 9.18 Å². The maximum atomic E-state index is 13.2. The zero-order valence-electron chi connectivity index (χ0n) is 14.3. The van der Waals surface area contributed by atoms with Gasteiger partial charge in [-0.15, -0.1) is 0 Å². The molecule has 0 radical (unpaired) electrons. The summed E-state index contributed by atoms with van der Waals surface area (Å²) < 4.78 is 13.2. The summed E-state index contributed by atoms with van der Waals surface area (Å²) in [7, 11) is 0. The van der Waals surface area contributed by atoms with Crippen LogP contribution in [0.25, 0.3) is 0 Å². The van der Waals surface area contributed by atoms with Gasteiger partial charge in [-0.3, -0.25) is 10.1 Å². The van der Waals surface area contributed by atoms with Crippen LogP contribution in [-0.4, -0.2) is 12.5 Å². The van der Waals surface area contributed by atoms with Crippen LogP contribution in [0.15, 0.2) is 36.4 Å². The van der Waals surface area contributed by atoms with Crippen molar-refractivity contribution in [2.24, 2.45) is 0 Å². The van der Waals surface area contributed by atoms with E-state index in [0.717, 1.165) is 22.4 Å². The van der Waals surface area contributed by atoms with Crippen LogP contribution in [0, 0.1) is 19.7 Å². The van der Waals surface area contributed by atoms with Crippen molar-refractivity contribution in [3.63, 3.8) is 0 Å². The minimum absolute atomic E-state index is 0.119. The number of hydrogen-bond donors (Lipinski definition) is 2. The first kappa shape index (κ1) is 18.4. The van der Waals surface area contributed by atoms with Crippen LogP contribution in [0.2, 0.25) is 5.02 Å². The summed E-state index contributed by atoms with van der Waals surface area (Å²) >= 11 is 6.12. The Labute approximate surface area is 147 Å². The maximum absolute atomic E-state index is 13.2. The van der Waals surface area contributed by atoms with Crippen LogP contribution in [0.5, 0.6) is 0 Å². The first-order valence-electron chi connectivity index (χ1n) is 7.77. The normalized spacial score (nSPS) is 11.4. The van der Waals surface area contributed by atoms with E-state index >= 15 is 0 Å². The number of carbonyl (C=O) groups excluding carboxylic acids is 1. The molecule has 2 N–H and O–H groups in total. The Balaban J connectivity index is 2.03. The van der Waals surface area contributed by atoms with E-state index < -0.39 is 5.54 Å². The minimum atomic E-state index is -0.566. The summed E-state index contributed by atoms with van der Waals surface area (Å²) in [5.74, 6) is -0.526. The predicted octanol–water partition coefficient (Wildman–Crippen LogP) is 4.56. The molecule has 0 atom stereocenters. The quantitative estimate of drug-likeness (QED) is 0.831. The van der Waals surface area contributed by atoms with E-state index in [2.05, 4.69) is 10.6 Å². The summed E-state index contributed by atoms with van der Waals surface area (Å²) in [6.07, 6.45) is 0. The van der Waals surface area contributed by atoms with Crippen molar-refractivity contribution < 1.29 is 9.18 Å².